The summed E-state index contributed by atoms with van der Waals surface area (Å²) >= 11 is 0. The average Bonchev–Trinajstić information content (AvgIpc) is 1.69. The SMILES string of the molecule is Nc1ccc(-c2ccc(N)c3c2C(=O)c2ccccc2C3=O)c2c1C(=O)c1ccccc1C2=O.O=C1c2ccc3[nH]c4c(ccc5c(=O)c6ccccc6c(=O)c54)[nH]c3c2C(=O)C2C=CC=CC12.O=C1c2ccccc2C(=O)c2c(Nc3ccccc3)cccc21.c1ccc2c(c1)-c1nc-2nc2[nH]c(nc3nc(nc4[nH]c(n1)c1ccccc41)-c1ccccc1-3)c1ccccc21. The Labute approximate surface area is 739 Å². The van der Waals surface area contributed by atoms with Crippen LogP contribution in [0.1, 0.15) is 116 Å². The number of allylic oxidation sites excluding steroid dienone is 4. The van der Waals surface area contributed by atoms with Gasteiger partial charge in [-0.2, -0.15) is 0 Å². The number of Topliss-reactive ketones (excluding diaryl/α,β-unsaturated/α-hetero) is 2. The van der Waals surface area contributed by atoms with Gasteiger partial charge in [-0.25, -0.2) is 29.9 Å². The molecule has 4 aromatic heterocycles. The number of nitrogens with two attached hydrogens (primary N) is 2. The highest BCUT2D eigenvalue weighted by Crippen LogP contribution is 2.46. The largest absolute Gasteiger partial charge is 0.398 e. The molecule has 26 rings (SSSR count). The Morgan fingerprint density at radius 2 is 0.595 bits per heavy atom. The van der Waals surface area contributed by atoms with E-state index in [1.54, 1.807) is 182 Å². The van der Waals surface area contributed by atoms with Gasteiger partial charge < -0.3 is 36.7 Å². The normalized spacial score (nSPS) is 14.4. The molecule has 15 aromatic carbocycles. The van der Waals surface area contributed by atoms with Crippen molar-refractivity contribution in [2.75, 3.05) is 16.8 Å². The lowest BCUT2D eigenvalue weighted by atomic mass is 9.72. The topological polar surface area (TPSA) is 375 Å². The predicted molar refractivity (Wildman–Crippen MR) is 504 cm³/mol. The summed E-state index contributed by atoms with van der Waals surface area (Å²) in [5.74, 6) is -0.502. The van der Waals surface area contributed by atoms with Gasteiger partial charge in [0, 0.05) is 133 Å². The van der Waals surface area contributed by atoms with Crippen LogP contribution in [0, 0.1) is 11.8 Å². The maximum Gasteiger partial charge on any atom is 0.196 e. The van der Waals surface area contributed by atoms with Crippen molar-refractivity contribution in [2.24, 2.45) is 11.8 Å². The number of hydrogen-bond donors (Lipinski definition) is 7. The molecule has 0 spiro atoms. The van der Waals surface area contributed by atoms with Crippen LogP contribution in [-0.2, 0) is 0 Å². The smallest absolute Gasteiger partial charge is 0.196 e. The molecule has 0 amide bonds. The molecule has 2 atom stereocenters. The number of ketones is 8. The Morgan fingerprint density at radius 3 is 1.05 bits per heavy atom. The lowest BCUT2D eigenvalue weighted by Gasteiger charge is -2.29. The Balaban J connectivity index is 0.000000101. The zero-order chi connectivity index (χ0) is 88.9. The second-order valence-corrected chi connectivity index (χ2v) is 32.4. The van der Waals surface area contributed by atoms with Crippen molar-refractivity contribution in [1.29, 1.82) is 0 Å². The highest BCUT2D eigenvalue weighted by atomic mass is 16.2. The summed E-state index contributed by atoms with van der Waals surface area (Å²) in [6.45, 7) is 0. The summed E-state index contributed by atoms with van der Waals surface area (Å²) in [5, 5.41) is 8.47. The summed E-state index contributed by atoms with van der Waals surface area (Å²) in [4.78, 5) is 176. The maximum absolute atomic E-state index is 13.6. The fourth-order valence-corrected chi connectivity index (χ4v) is 18.9. The number of aromatic amines is 4. The van der Waals surface area contributed by atoms with Gasteiger partial charge in [0.05, 0.1) is 67.2 Å². The number of hydrogen-bond acceptors (Lipinski definition) is 19. The van der Waals surface area contributed by atoms with E-state index in [0.717, 1.165) is 49.5 Å². The first-order chi connectivity index (χ1) is 64.0. The highest BCUT2D eigenvalue weighted by molar-refractivity contribution is 6.36. The Bertz CT molecular complexity index is 8440. The monoisotopic (exact) mass is 1700 g/mol. The molecular formula is C108H63N13O10. The predicted octanol–water partition coefficient (Wildman–Crippen LogP) is 19.6. The molecule has 7 aliphatic rings. The Hall–Kier alpha value is -18.4. The van der Waals surface area contributed by atoms with E-state index in [1.165, 1.54) is 0 Å². The van der Waals surface area contributed by atoms with Crippen molar-refractivity contribution < 1.29 is 38.4 Å². The number of carbonyl (C=O) groups excluding carboxylic acids is 8. The van der Waals surface area contributed by atoms with Crippen molar-refractivity contribution >= 4 is 157 Å². The molecule has 0 fully saturated rings. The van der Waals surface area contributed by atoms with E-state index in [0.29, 0.717) is 140 Å². The molecule has 8 bridgehead atoms. The molecule has 5 aliphatic carbocycles. The van der Waals surface area contributed by atoms with Gasteiger partial charge in [-0.15, -0.1) is 0 Å². The Morgan fingerprint density at radius 1 is 0.244 bits per heavy atom. The van der Waals surface area contributed by atoms with E-state index >= 15 is 0 Å². The first kappa shape index (κ1) is 77.4. The van der Waals surface area contributed by atoms with Crippen LogP contribution >= 0.6 is 0 Å². The van der Waals surface area contributed by atoms with Gasteiger partial charge in [0.2, 0.25) is 0 Å². The number of nitrogen functional groups attached to an aromatic ring is 2. The third kappa shape index (κ3) is 12.3. The number of nitrogens with zero attached hydrogens (tertiary/aromatic N) is 6. The first-order valence-corrected chi connectivity index (χ1v) is 42.0. The fourth-order valence-electron chi connectivity index (χ4n) is 18.9. The van der Waals surface area contributed by atoms with Gasteiger partial charge >= 0.3 is 0 Å². The summed E-state index contributed by atoms with van der Waals surface area (Å²) in [6, 6.07) is 87.1. The number of rotatable bonds is 3. The minimum atomic E-state index is -0.529. The number of H-pyrrole nitrogens is 4. The molecule has 6 heterocycles. The number of para-hydroxylation sites is 1. The van der Waals surface area contributed by atoms with E-state index in [-0.39, 0.29) is 113 Å². The maximum atomic E-state index is 13.6. The van der Waals surface area contributed by atoms with Crippen LogP contribution in [0.2, 0.25) is 0 Å². The second kappa shape index (κ2) is 30.2. The molecule has 131 heavy (non-hydrogen) atoms. The first-order valence-electron chi connectivity index (χ1n) is 42.0. The quantitative estimate of drug-likeness (QED) is 0.0491. The fraction of sp³-hybridized carbons (Fsp3) is 0.0185. The summed E-state index contributed by atoms with van der Waals surface area (Å²) in [6.07, 6.45) is 7.14. The second-order valence-electron chi connectivity index (χ2n) is 32.4. The minimum Gasteiger partial charge on any atom is -0.398 e. The lowest BCUT2D eigenvalue weighted by Crippen LogP contribution is -2.35. The van der Waals surface area contributed by atoms with E-state index < -0.39 is 11.8 Å². The number of carbonyl (C=O) groups is 8. The van der Waals surface area contributed by atoms with E-state index in [2.05, 4.69) is 25.3 Å². The van der Waals surface area contributed by atoms with E-state index in [9.17, 15) is 47.9 Å². The van der Waals surface area contributed by atoms with Crippen LogP contribution in [0.5, 0.6) is 0 Å². The van der Waals surface area contributed by atoms with E-state index in [4.69, 9.17) is 41.4 Å². The molecule has 0 saturated carbocycles. The number of anilines is 4. The van der Waals surface area contributed by atoms with E-state index in [1.807, 2.05) is 133 Å². The van der Waals surface area contributed by atoms with Crippen LogP contribution in [0.4, 0.5) is 22.7 Å². The number of nitrogens with one attached hydrogen (secondary N) is 5. The number of benzene rings is 15. The Kier molecular flexibility index (Phi) is 17.9. The molecule has 23 heteroatoms. The van der Waals surface area contributed by atoms with Crippen molar-refractivity contribution in [3.8, 4) is 56.7 Å². The van der Waals surface area contributed by atoms with Crippen LogP contribution in [-0.4, -0.2) is 96.1 Å². The third-order valence-electron chi connectivity index (χ3n) is 25.0. The molecule has 0 radical (unpaired) electrons. The van der Waals surface area contributed by atoms with Gasteiger partial charge in [-0.05, 0) is 65.7 Å². The average molecular weight is 1700 g/mol. The zero-order valence-electron chi connectivity index (χ0n) is 68.6. The van der Waals surface area contributed by atoms with Crippen molar-refractivity contribution in [1.82, 2.24) is 49.8 Å². The van der Waals surface area contributed by atoms with Gasteiger partial charge in [0.25, 0.3) is 0 Å². The third-order valence-corrected chi connectivity index (χ3v) is 25.0. The summed E-state index contributed by atoms with van der Waals surface area (Å²) < 4.78 is 0. The van der Waals surface area contributed by atoms with Gasteiger partial charge in [-0.3, -0.25) is 47.9 Å². The molecule has 2 aliphatic heterocycles. The van der Waals surface area contributed by atoms with Crippen molar-refractivity contribution in [3.05, 3.63) is 414 Å². The van der Waals surface area contributed by atoms with Crippen LogP contribution in [0.25, 0.3) is 144 Å². The van der Waals surface area contributed by atoms with Crippen LogP contribution < -0.4 is 27.6 Å². The summed E-state index contributed by atoms with van der Waals surface area (Å²) in [7, 11) is 0. The summed E-state index contributed by atoms with van der Waals surface area (Å²) in [5.41, 5.74) is 27.2. The van der Waals surface area contributed by atoms with Crippen molar-refractivity contribution in [2.45, 2.75) is 0 Å². The molecule has 23 nitrogen and oxygen atoms in total. The minimum absolute atomic E-state index is 0.0848. The number of aromatic nitrogens is 10. The van der Waals surface area contributed by atoms with Crippen molar-refractivity contribution in [3.63, 3.8) is 0 Å². The van der Waals surface area contributed by atoms with Gasteiger partial charge in [-0.1, -0.05) is 261 Å². The van der Waals surface area contributed by atoms with Gasteiger partial charge in [0.1, 0.15) is 22.6 Å². The molecule has 2 unspecified atom stereocenters. The standard InChI is InChI=1S/C32H18N8.2C28H16N2O4.C20H13NO2/c1-2-10-18-17(9-1)25-33-26(18)38-28-21-13-5-6-14-22(21)30(35-28)40-32-24-16-8-7-15-23(24)31(36-32)39-29-20-12-4-3-11-19(20)27(34-29)37-25;31-25-13-5-1-3-7-15(13)27(33)21-17(25)9-11-19-23(21)29-20-12-10-18-22(24(20)30-19)28(34)16-8-4-2-6-14(16)26(18)32;29-19-11-9-13(21-23(19)27(33)17-7-3-1-5-15(17)25(21)31)14-10-12-20(30)24-22(14)26(32)16-6-2-4-8-18(16)28(24)34;22-19-14-9-4-5-10-15(14)20(23)18-16(19)11-6-12-17(18)21-13-7-2-1-3-8-13/h1-16H,(H2,33,34,35,36,37,38,39,40);1-13,15,29-30H;1-12H,29-30H2;1-12,21H. The van der Waals surface area contributed by atoms with Gasteiger partial charge in [0.15, 0.2) is 80.4 Å². The molecule has 9 N–H and O–H groups in total. The molecule has 620 valence electrons. The zero-order valence-corrected chi connectivity index (χ0v) is 68.6. The number of fused-ring (bicyclic) bond motifs is 34. The van der Waals surface area contributed by atoms with Crippen LogP contribution in [0.3, 0.4) is 0 Å². The lowest BCUT2D eigenvalue weighted by molar-refractivity contribution is 0.0803. The molecule has 19 aromatic rings. The van der Waals surface area contributed by atoms with Crippen LogP contribution in [0.15, 0.2) is 325 Å². The highest BCUT2D eigenvalue weighted by Gasteiger charge is 2.43. The molecule has 0 saturated heterocycles. The molecular weight excluding hydrogens is 1640 g/mol.